The summed E-state index contributed by atoms with van der Waals surface area (Å²) in [6.45, 7) is 1.41. The van der Waals surface area contributed by atoms with Crippen molar-refractivity contribution in [3.8, 4) is 0 Å². The van der Waals surface area contributed by atoms with E-state index in [9.17, 15) is 35.2 Å². The van der Waals surface area contributed by atoms with Gasteiger partial charge in [0.2, 0.25) is 10.0 Å². The molecule has 0 saturated carbocycles. The molecule has 3 rings (SSSR count). The SMILES string of the molecule is C[C@@H](NC(=O)c1coc(Nc2cccc(C(F)(F)F)c2)n1)c1cc(F)c(NS(C)(=O)=O)c(F)c1. The number of aromatic nitrogens is 1. The van der Waals surface area contributed by atoms with Gasteiger partial charge in [-0.3, -0.25) is 9.52 Å². The number of benzene rings is 2. The number of nitrogens with one attached hydrogen (secondary N) is 3. The minimum absolute atomic E-state index is 0.00629. The van der Waals surface area contributed by atoms with E-state index in [1.54, 1.807) is 4.72 Å². The fourth-order valence-corrected chi connectivity index (χ4v) is 3.38. The molecule has 0 bridgehead atoms. The van der Waals surface area contributed by atoms with Gasteiger partial charge in [0.05, 0.1) is 17.9 Å². The Hall–Kier alpha value is -3.68. The number of hydrogen-bond acceptors (Lipinski definition) is 6. The van der Waals surface area contributed by atoms with Crippen LogP contribution < -0.4 is 15.4 Å². The molecule has 2 aromatic carbocycles. The smallest absolute Gasteiger partial charge is 0.416 e. The molecule has 182 valence electrons. The first-order valence-corrected chi connectivity index (χ1v) is 11.3. The van der Waals surface area contributed by atoms with Crippen molar-refractivity contribution in [1.82, 2.24) is 10.3 Å². The lowest BCUT2D eigenvalue weighted by Gasteiger charge is -2.15. The molecule has 1 heterocycles. The van der Waals surface area contributed by atoms with Crippen LogP contribution in [0.25, 0.3) is 0 Å². The van der Waals surface area contributed by atoms with Crippen molar-refractivity contribution in [3.63, 3.8) is 0 Å². The van der Waals surface area contributed by atoms with Crippen LogP contribution in [0.5, 0.6) is 0 Å². The van der Waals surface area contributed by atoms with Gasteiger partial charge >= 0.3 is 6.18 Å². The zero-order valence-corrected chi connectivity index (χ0v) is 18.3. The zero-order valence-electron chi connectivity index (χ0n) is 17.5. The van der Waals surface area contributed by atoms with E-state index in [4.69, 9.17) is 4.42 Å². The molecule has 0 fully saturated rings. The average Bonchev–Trinajstić information content (AvgIpc) is 3.18. The maximum absolute atomic E-state index is 14.2. The molecule has 0 aliphatic rings. The second-order valence-corrected chi connectivity index (χ2v) is 8.92. The Bertz CT molecular complexity index is 1300. The summed E-state index contributed by atoms with van der Waals surface area (Å²) in [7, 11) is -3.92. The lowest BCUT2D eigenvalue weighted by atomic mass is 10.1. The average molecular weight is 504 g/mol. The van der Waals surface area contributed by atoms with Gasteiger partial charge in [-0.1, -0.05) is 6.07 Å². The minimum atomic E-state index is -4.55. The Labute approximate surface area is 190 Å². The first kappa shape index (κ1) is 25.0. The van der Waals surface area contributed by atoms with Crippen molar-refractivity contribution >= 4 is 33.3 Å². The van der Waals surface area contributed by atoms with Crippen molar-refractivity contribution in [2.24, 2.45) is 0 Å². The highest BCUT2D eigenvalue weighted by Crippen LogP contribution is 2.31. The van der Waals surface area contributed by atoms with Crippen molar-refractivity contribution in [2.75, 3.05) is 16.3 Å². The predicted molar refractivity (Wildman–Crippen MR) is 112 cm³/mol. The minimum Gasteiger partial charge on any atom is -0.431 e. The number of amides is 1. The molecule has 0 radical (unpaired) electrons. The van der Waals surface area contributed by atoms with Crippen LogP contribution in [0.3, 0.4) is 0 Å². The molecule has 1 aromatic heterocycles. The van der Waals surface area contributed by atoms with Crippen LogP contribution in [-0.2, 0) is 16.2 Å². The summed E-state index contributed by atoms with van der Waals surface area (Å²) in [5.74, 6) is -3.17. The number of rotatable bonds is 7. The molecule has 3 aromatic rings. The normalized spacial score (nSPS) is 12.8. The highest BCUT2D eigenvalue weighted by molar-refractivity contribution is 7.92. The predicted octanol–water partition coefficient (Wildman–Crippen LogP) is 4.58. The number of hydrogen-bond donors (Lipinski definition) is 3. The number of anilines is 3. The number of halogens is 5. The molecule has 0 unspecified atom stereocenters. The maximum atomic E-state index is 14.2. The summed E-state index contributed by atoms with van der Waals surface area (Å²) in [6, 6.07) is 4.75. The number of carbonyl (C=O) groups is 1. The first-order valence-electron chi connectivity index (χ1n) is 9.40. The largest absolute Gasteiger partial charge is 0.431 e. The molecule has 3 N–H and O–H groups in total. The van der Waals surface area contributed by atoms with E-state index in [1.807, 2.05) is 0 Å². The summed E-state index contributed by atoms with van der Waals surface area (Å²) in [6.07, 6.45) is -2.87. The van der Waals surface area contributed by atoms with Gasteiger partial charge in [0.1, 0.15) is 12.0 Å². The number of sulfonamides is 1. The van der Waals surface area contributed by atoms with Crippen LogP contribution in [0.1, 0.15) is 34.6 Å². The third-order valence-electron chi connectivity index (χ3n) is 4.38. The van der Waals surface area contributed by atoms with Gasteiger partial charge in [0.15, 0.2) is 17.3 Å². The van der Waals surface area contributed by atoms with E-state index in [-0.39, 0.29) is 23.0 Å². The highest BCUT2D eigenvalue weighted by atomic mass is 32.2. The van der Waals surface area contributed by atoms with Crippen LogP contribution >= 0.6 is 0 Å². The number of nitrogens with zero attached hydrogens (tertiary/aromatic N) is 1. The second-order valence-electron chi connectivity index (χ2n) is 7.17. The van der Waals surface area contributed by atoms with Gasteiger partial charge in [-0.2, -0.15) is 18.2 Å². The maximum Gasteiger partial charge on any atom is 0.416 e. The zero-order chi connectivity index (χ0) is 25.3. The monoisotopic (exact) mass is 504 g/mol. The molecule has 8 nitrogen and oxygen atoms in total. The van der Waals surface area contributed by atoms with Gasteiger partial charge in [-0.15, -0.1) is 0 Å². The fourth-order valence-electron chi connectivity index (χ4n) is 2.81. The summed E-state index contributed by atoms with van der Waals surface area (Å²) in [5.41, 5.74) is -1.99. The Morgan fingerprint density at radius 1 is 1.12 bits per heavy atom. The molecule has 1 atom stereocenters. The van der Waals surface area contributed by atoms with Crippen LogP contribution in [0.4, 0.5) is 39.3 Å². The topological polar surface area (TPSA) is 113 Å². The molecule has 0 aliphatic heterocycles. The fraction of sp³-hybridized carbons (Fsp3) is 0.200. The molecule has 0 saturated heterocycles. The first-order chi connectivity index (χ1) is 15.7. The number of oxazole rings is 1. The van der Waals surface area contributed by atoms with E-state index in [0.717, 1.165) is 36.8 Å². The third kappa shape index (κ3) is 6.21. The summed E-state index contributed by atoms with van der Waals surface area (Å²) in [5, 5.41) is 4.93. The van der Waals surface area contributed by atoms with E-state index in [2.05, 4.69) is 15.6 Å². The van der Waals surface area contributed by atoms with Crippen LogP contribution in [0, 0.1) is 11.6 Å². The Balaban J connectivity index is 1.70. The van der Waals surface area contributed by atoms with E-state index in [0.29, 0.717) is 0 Å². The molecule has 1 amide bonds. The Morgan fingerprint density at radius 2 is 1.76 bits per heavy atom. The van der Waals surface area contributed by atoms with E-state index >= 15 is 0 Å². The number of alkyl halides is 3. The standard InChI is InChI=1S/C20H17F5N4O4S/c1-10(11-6-14(21)17(15(22)7-11)29-34(2,31)32)26-18(30)16-9-33-19(28-16)27-13-5-3-4-12(8-13)20(23,24)25/h3-10,29H,1-2H3,(H,26,30)(H,27,28)/t10-/m1/s1. The highest BCUT2D eigenvalue weighted by Gasteiger charge is 2.30. The van der Waals surface area contributed by atoms with Crippen LogP contribution in [-0.4, -0.2) is 25.6 Å². The quantitative estimate of drug-likeness (QED) is 0.406. The lowest BCUT2D eigenvalue weighted by molar-refractivity contribution is -0.137. The molecular formula is C20H17F5N4O4S. The van der Waals surface area contributed by atoms with E-state index in [1.165, 1.54) is 19.1 Å². The molecule has 34 heavy (non-hydrogen) atoms. The van der Waals surface area contributed by atoms with Crippen LogP contribution in [0.2, 0.25) is 0 Å². The molecule has 0 spiro atoms. The third-order valence-corrected chi connectivity index (χ3v) is 4.95. The van der Waals surface area contributed by atoms with Crippen LogP contribution in [0.15, 0.2) is 47.1 Å². The summed E-state index contributed by atoms with van der Waals surface area (Å²) < 4.78 is 96.1. The van der Waals surface area contributed by atoms with E-state index < -0.39 is 51.0 Å². The second kappa shape index (κ2) is 9.29. The van der Waals surface area contributed by atoms with Gasteiger partial charge in [0, 0.05) is 5.69 Å². The van der Waals surface area contributed by atoms with Crippen molar-refractivity contribution in [3.05, 3.63) is 71.1 Å². The lowest BCUT2D eigenvalue weighted by Crippen LogP contribution is -2.27. The van der Waals surface area contributed by atoms with Crippen molar-refractivity contribution in [2.45, 2.75) is 19.1 Å². The molecular weight excluding hydrogens is 487 g/mol. The summed E-state index contributed by atoms with van der Waals surface area (Å²) in [4.78, 5) is 16.3. The van der Waals surface area contributed by atoms with Crippen molar-refractivity contribution in [1.29, 1.82) is 0 Å². The summed E-state index contributed by atoms with van der Waals surface area (Å²) >= 11 is 0. The van der Waals surface area contributed by atoms with Gasteiger partial charge in [0.25, 0.3) is 11.9 Å². The van der Waals surface area contributed by atoms with Gasteiger partial charge < -0.3 is 15.1 Å². The Kier molecular flexibility index (Phi) is 6.82. The van der Waals surface area contributed by atoms with Crippen molar-refractivity contribution < 1.29 is 39.6 Å². The Morgan fingerprint density at radius 3 is 2.35 bits per heavy atom. The van der Waals surface area contributed by atoms with Gasteiger partial charge in [-0.05, 0) is 42.8 Å². The molecule has 0 aliphatic carbocycles. The van der Waals surface area contributed by atoms with Gasteiger partial charge in [-0.25, -0.2) is 17.2 Å². The molecule has 14 heteroatoms. The number of carbonyl (C=O) groups excluding carboxylic acids is 1.